The number of ether oxygens (including phenoxy) is 1. The number of nitrogens with one attached hydrogen (secondary N) is 3. The lowest BCUT2D eigenvalue weighted by atomic mass is 9.89. The van der Waals surface area contributed by atoms with Gasteiger partial charge in [-0.15, -0.1) is 24.0 Å². The van der Waals surface area contributed by atoms with Crippen LogP contribution in [0.1, 0.15) is 43.6 Å². The van der Waals surface area contributed by atoms with Crippen molar-refractivity contribution in [2.45, 2.75) is 40.2 Å². The minimum Gasteiger partial charge on any atom is -0.379 e. The molecule has 1 rings (SSSR count). The molecule has 0 heterocycles. The van der Waals surface area contributed by atoms with E-state index in [9.17, 15) is 4.79 Å². The van der Waals surface area contributed by atoms with E-state index >= 15 is 0 Å². The third-order valence-corrected chi connectivity index (χ3v) is 4.13. The topological polar surface area (TPSA) is 74.8 Å². The van der Waals surface area contributed by atoms with Gasteiger partial charge in [0.15, 0.2) is 5.96 Å². The maximum atomic E-state index is 11.7. The lowest BCUT2D eigenvalue weighted by Crippen LogP contribution is -2.40. The first-order valence-electron chi connectivity index (χ1n) is 9.17. The Morgan fingerprint density at radius 3 is 2.52 bits per heavy atom. The van der Waals surface area contributed by atoms with Crippen molar-refractivity contribution >= 4 is 35.8 Å². The number of methoxy groups -OCH3 is 1. The molecule has 0 fully saturated rings. The van der Waals surface area contributed by atoms with Crippen LogP contribution in [0.2, 0.25) is 0 Å². The minimum atomic E-state index is -0.0671. The fraction of sp³-hybridized carbons (Fsp3) is 0.600. The molecule has 0 spiro atoms. The van der Waals surface area contributed by atoms with Crippen molar-refractivity contribution in [1.29, 1.82) is 0 Å². The highest BCUT2D eigenvalue weighted by Gasteiger charge is 2.24. The molecular formula is C20H35IN4O2. The van der Waals surface area contributed by atoms with E-state index in [0.29, 0.717) is 12.1 Å². The first-order chi connectivity index (χ1) is 12.3. The van der Waals surface area contributed by atoms with Gasteiger partial charge in [-0.25, -0.2) is 0 Å². The zero-order valence-corrected chi connectivity index (χ0v) is 19.7. The lowest BCUT2D eigenvalue weighted by molar-refractivity contribution is 0.0241. The van der Waals surface area contributed by atoms with Gasteiger partial charge >= 0.3 is 0 Å². The highest BCUT2D eigenvalue weighted by atomic mass is 127. The smallest absolute Gasteiger partial charge is 0.251 e. The summed E-state index contributed by atoms with van der Waals surface area (Å²) in [4.78, 5) is 16.4. The van der Waals surface area contributed by atoms with E-state index in [-0.39, 0.29) is 41.4 Å². The fourth-order valence-electron chi connectivity index (χ4n) is 2.56. The van der Waals surface area contributed by atoms with Crippen LogP contribution < -0.4 is 16.0 Å². The van der Waals surface area contributed by atoms with Crippen LogP contribution in [-0.2, 0) is 11.2 Å². The van der Waals surface area contributed by atoms with Gasteiger partial charge in [0.25, 0.3) is 5.91 Å². The van der Waals surface area contributed by atoms with Crippen LogP contribution in [0.15, 0.2) is 29.3 Å². The van der Waals surface area contributed by atoms with Gasteiger partial charge in [-0.05, 0) is 36.5 Å². The van der Waals surface area contributed by atoms with E-state index in [1.807, 2.05) is 31.2 Å². The number of nitrogens with zero attached hydrogens (tertiary/aromatic N) is 1. The molecule has 0 radical (unpaired) electrons. The Hall–Kier alpha value is -1.35. The number of carbonyl (C=O) groups is 1. The summed E-state index contributed by atoms with van der Waals surface area (Å²) in [5.41, 5.74) is 1.83. The van der Waals surface area contributed by atoms with E-state index in [4.69, 9.17) is 4.74 Å². The highest BCUT2D eigenvalue weighted by molar-refractivity contribution is 14.0. The van der Waals surface area contributed by atoms with Crippen LogP contribution in [0, 0.1) is 5.41 Å². The van der Waals surface area contributed by atoms with Crippen molar-refractivity contribution in [2.24, 2.45) is 10.4 Å². The average molecular weight is 490 g/mol. The van der Waals surface area contributed by atoms with Gasteiger partial charge in [0, 0.05) is 32.8 Å². The summed E-state index contributed by atoms with van der Waals surface area (Å²) in [5.74, 6) is 0.712. The van der Waals surface area contributed by atoms with Crippen molar-refractivity contribution in [3.63, 3.8) is 0 Å². The predicted molar refractivity (Wildman–Crippen MR) is 123 cm³/mol. The molecule has 6 nitrogen and oxygen atoms in total. The Labute approximate surface area is 181 Å². The number of halogens is 1. The van der Waals surface area contributed by atoms with Crippen molar-refractivity contribution in [2.75, 3.05) is 33.8 Å². The standard InChI is InChI=1S/C20H34N4O2.HI/c1-7-22-19(24-14-17(26-6)20(2,3)4)23-12-11-15-9-8-10-16(13-15)18(25)21-5;/h8-10,13,17H,7,11-12,14H2,1-6H3,(H,21,25)(H2,22,23,24);1H. The van der Waals surface area contributed by atoms with Crippen LogP contribution in [-0.4, -0.2) is 51.8 Å². The van der Waals surface area contributed by atoms with E-state index in [1.54, 1.807) is 14.2 Å². The fourth-order valence-corrected chi connectivity index (χ4v) is 2.56. The second kappa shape index (κ2) is 12.9. The number of hydrogen-bond donors (Lipinski definition) is 3. The predicted octanol–water partition coefficient (Wildman–Crippen LogP) is 2.82. The van der Waals surface area contributed by atoms with Crippen molar-refractivity contribution in [3.8, 4) is 0 Å². The van der Waals surface area contributed by atoms with Crippen LogP contribution in [0.25, 0.3) is 0 Å². The van der Waals surface area contributed by atoms with Gasteiger partial charge in [0.2, 0.25) is 0 Å². The maximum absolute atomic E-state index is 11.7. The highest BCUT2D eigenvalue weighted by Crippen LogP contribution is 2.21. The molecule has 1 aromatic rings. The molecule has 0 bridgehead atoms. The SMILES string of the molecule is CCNC(=NCC(OC)C(C)(C)C)NCCc1cccc(C(=O)NC)c1.I. The molecule has 0 aliphatic carbocycles. The first-order valence-corrected chi connectivity index (χ1v) is 9.17. The molecule has 3 N–H and O–H groups in total. The van der Waals surface area contributed by atoms with E-state index in [1.165, 1.54) is 0 Å². The Balaban J connectivity index is 0.00000676. The molecule has 0 aliphatic heterocycles. The summed E-state index contributed by atoms with van der Waals surface area (Å²) in [6, 6.07) is 7.67. The number of carbonyl (C=O) groups excluding carboxylic acids is 1. The molecular weight excluding hydrogens is 455 g/mol. The number of amides is 1. The van der Waals surface area contributed by atoms with Crippen molar-refractivity contribution in [1.82, 2.24) is 16.0 Å². The molecule has 1 atom stereocenters. The molecule has 1 unspecified atom stereocenters. The zero-order chi connectivity index (χ0) is 19.6. The molecule has 1 aromatic carbocycles. The molecule has 0 aromatic heterocycles. The second-order valence-electron chi connectivity index (χ2n) is 7.27. The Morgan fingerprint density at radius 2 is 1.96 bits per heavy atom. The van der Waals surface area contributed by atoms with Gasteiger partial charge in [0.1, 0.15) is 0 Å². The molecule has 27 heavy (non-hydrogen) atoms. The summed E-state index contributed by atoms with van der Waals surface area (Å²) in [6.45, 7) is 10.6. The third-order valence-electron chi connectivity index (χ3n) is 4.13. The molecule has 0 saturated carbocycles. The molecule has 7 heteroatoms. The van der Waals surface area contributed by atoms with E-state index < -0.39 is 0 Å². The van der Waals surface area contributed by atoms with Crippen molar-refractivity contribution < 1.29 is 9.53 Å². The zero-order valence-electron chi connectivity index (χ0n) is 17.4. The Kier molecular flexibility index (Phi) is 12.3. The largest absolute Gasteiger partial charge is 0.379 e. The third kappa shape index (κ3) is 9.41. The van der Waals surface area contributed by atoms with E-state index in [0.717, 1.165) is 31.0 Å². The summed E-state index contributed by atoms with van der Waals surface area (Å²) in [6.07, 6.45) is 0.865. The Bertz CT molecular complexity index is 600. The van der Waals surface area contributed by atoms with Crippen LogP contribution in [0.4, 0.5) is 0 Å². The summed E-state index contributed by atoms with van der Waals surface area (Å²) in [5, 5.41) is 9.25. The molecule has 154 valence electrons. The van der Waals surface area contributed by atoms with Crippen LogP contribution in [0.5, 0.6) is 0 Å². The minimum absolute atomic E-state index is 0. The van der Waals surface area contributed by atoms with Gasteiger partial charge in [-0.1, -0.05) is 32.9 Å². The maximum Gasteiger partial charge on any atom is 0.251 e. The summed E-state index contributed by atoms with van der Waals surface area (Å²) in [7, 11) is 3.37. The molecule has 1 amide bonds. The lowest BCUT2D eigenvalue weighted by Gasteiger charge is -2.28. The summed E-state index contributed by atoms with van der Waals surface area (Å²) < 4.78 is 5.56. The van der Waals surface area contributed by atoms with Gasteiger partial charge in [-0.3, -0.25) is 9.79 Å². The number of aliphatic imine (C=N–C) groups is 1. The number of benzene rings is 1. The molecule has 0 aliphatic rings. The van der Waals surface area contributed by atoms with Crippen LogP contribution >= 0.6 is 24.0 Å². The second-order valence-corrected chi connectivity index (χ2v) is 7.27. The van der Waals surface area contributed by atoms with Crippen LogP contribution in [0.3, 0.4) is 0 Å². The number of rotatable bonds is 8. The quantitative estimate of drug-likeness (QED) is 0.298. The monoisotopic (exact) mass is 490 g/mol. The van der Waals surface area contributed by atoms with Crippen molar-refractivity contribution in [3.05, 3.63) is 35.4 Å². The van der Waals surface area contributed by atoms with Gasteiger partial charge in [-0.2, -0.15) is 0 Å². The first kappa shape index (κ1) is 25.6. The van der Waals surface area contributed by atoms with Gasteiger partial charge in [0.05, 0.1) is 12.6 Å². The Morgan fingerprint density at radius 1 is 1.26 bits per heavy atom. The molecule has 0 saturated heterocycles. The number of guanidine groups is 1. The summed E-state index contributed by atoms with van der Waals surface area (Å²) >= 11 is 0. The average Bonchev–Trinajstić information content (AvgIpc) is 2.60. The van der Waals surface area contributed by atoms with E-state index in [2.05, 4.69) is 41.7 Å². The number of hydrogen-bond acceptors (Lipinski definition) is 3. The normalized spacial score (nSPS) is 12.7. The van der Waals surface area contributed by atoms with Gasteiger partial charge < -0.3 is 20.7 Å².